The molecule has 0 spiro atoms. The molecule has 1 amide bonds. The van der Waals surface area contributed by atoms with Crippen molar-refractivity contribution in [2.24, 2.45) is 7.05 Å². The molecule has 34 heavy (non-hydrogen) atoms. The summed E-state index contributed by atoms with van der Waals surface area (Å²) in [5.41, 5.74) is 1.21. The zero-order chi connectivity index (χ0) is 24.3. The van der Waals surface area contributed by atoms with E-state index in [-0.39, 0.29) is 12.5 Å². The Morgan fingerprint density at radius 3 is 2.53 bits per heavy atom. The maximum atomic E-state index is 14.2. The van der Waals surface area contributed by atoms with Crippen LogP contribution in [0, 0.1) is 6.92 Å². The second-order valence-corrected chi connectivity index (χ2v) is 9.18. The lowest BCUT2D eigenvalue weighted by molar-refractivity contribution is -0.121. The fourth-order valence-electron chi connectivity index (χ4n) is 3.97. The maximum absolute atomic E-state index is 14.2. The third-order valence-electron chi connectivity index (χ3n) is 5.94. The molecule has 0 bridgehead atoms. The third kappa shape index (κ3) is 3.58. The Hall–Kier alpha value is -3.86. The highest BCUT2D eigenvalue weighted by Gasteiger charge is 2.44. The number of carbonyl (C=O) groups is 1. The second kappa shape index (κ2) is 7.59. The Balaban J connectivity index is 1.61. The van der Waals surface area contributed by atoms with Gasteiger partial charge in [-0.15, -0.1) is 0 Å². The number of alkyl halides is 1. The number of pyridine rings is 1. The molecule has 0 saturated heterocycles. The molecule has 0 radical (unpaired) electrons. The number of nitrogens with one attached hydrogen (secondary N) is 2. The van der Waals surface area contributed by atoms with Crippen LogP contribution < -0.4 is 10.6 Å². The average Bonchev–Trinajstić information content (AvgIpc) is 3.26. The molecule has 10 nitrogen and oxygen atoms in total. The van der Waals surface area contributed by atoms with Gasteiger partial charge >= 0.3 is 0 Å². The fraction of sp³-hybridized carbons (Fsp3) is 0.348. The molecule has 174 valence electrons. The van der Waals surface area contributed by atoms with Crippen molar-refractivity contribution in [2.45, 2.75) is 38.9 Å². The minimum absolute atomic E-state index is 0.000557. The molecule has 2 N–H and O–H groups in total. The van der Waals surface area contributed by atoms with E-state index in [0.717, 1.165) is 5.56 Å². The Morgan fingerprint density at radius 1 is 1.12 bits per heavy atom. The highest BCUT2D eigenvalue weighted by molar-refractivity contribution is 6.05. The molecule has 1 unspecified atom stereocenters. The van der Waals surface area contributed by atoms with Crippen LogP contribution in [0.3, 0.4) is 0 Å². The van der Waals surface area contributed by atoms with Crippen LogP contribution in [0.15, 0.2) is 31.0 Å². The van der Waals surface area contributed by atoms with E-state index in [0.29, 0.717) is 45.5 Å². The highest BCUT2D eigenvalue weighted by atomic mass is 19.1. The van der Waals surface area contributed by atoms with Crippen molar-refractivity contribution in [3.8, 4) is 22.6 Å². The van der Waals surface area contributed by atoms with Gasteiger partial charge in [0, 0.05) is 43.3 Å². The summed E-state index contributed by atoms with van der Waals surface area (Å²) in [6.07, 6.45) is 6.53. The number of amides is 1. The summed E-state index contributed by atoms with van der Waals surface area (Å²) in [7, 11) is 1.87. The predicted octanol–water partition coefficient (Wildman–Crippen LogP) is 2.70. The normalized spacial score (nSPS) is 17.8. The molecular formula is C23H24FN9O. The van der Waals surface area contributed by atoms with E-state index in [9.17, 15) is 9.18 Å². The van der Waals surface area contributed by atoms with Crippen LogP contribution >= 0.6 is 0 Å². The van der Waals surface area contributed by atoms with E-state index in [1.54, 1.807) is 25.5 Å². The zero-order valence-corrected chi connectivity index (χ0v) is 19.5. The van der Waals surface area contributed by atoms with Gasteiger partial charge in [-0.25, -0.2) is 34.3 Å². The van der Waals surface area contributed by atoms with Crippen LogP contribution in [-0.4, -0.2) is 52.6 Å². The van der Waals surface area contributed by atoms with Gasteiger partial charge in [0.05, 0.1) is 5.56 Å². The van der Waals surface area contributed by atoms with Crippen molar-refractivity contribution in [1.82, 2.24) is 39.8 Å². The van der Waals surface area contributed by atoms with Crippen molar-refractivity contribution in [1.29, 1.82) is 0 Å². The number of rotatable bonds is 5. The number of hydrogen-bond donors (Lipinski definition) is 2. The molecule has 0 aromatic carbocycles. The van der Waals surface area contributed by atoms with Gasteiger partial charge in [0.25, 0.3) is 0 Å². The molecule has 5 heterocycles. The van der Waals surface area contributed by atoms with Gasteiger partial charge in [-0.1, -0.05) is 0 Å². The summed E-state index contributed by atoms with van der Waals surface area (Å²) in [6, 6.07) is 1.84. The molecule has 4 aromatic rings. The summed E-state index contributed by atoms with van der Waals surface area (Å²) in [5, 5.41) is 5.84. The molecule has 0 fully saturated rings. The number of carbonyl (C=O) groups excluding carboxylic acids is 1. The van der Waals surface area contributed by atoms with Crippen LogP contribution in [0.2, 0.25) is 0 Å². The minimum Gasteiger partial charge on any atom is -0.312 e. The largest absolute Gasteiger partial charge is 0.312 e. The van der Waals surface area contributed by atoms with E-state index >= 15 is 0 Å². The van der Waals surface area contributed by atoms with E-state index in [4.69, 9.17) is 4.98 Å². The number of fused-ring (bicyclic) bond motifs is 2. The number of hydrogen-bond acceptors (Lipinski definition) is 8. The summed E-state index contributed by atoms with van der Waals surface area (Å²) in [6.45, 7) is 6.46. The maximum Gasteiger partial charge on any atom is 0.250 e. The van der Waals surface area contributed by atoms with Gasteiger partial charge in [-0.3, -0.25) is 10.1 Å². The molecule has 5 rings (SSSR count). The van der Waals surface area contributed by atoms with Gasteiger partial charge in [0.2, 0.25) is 5.91 Å². The second-order valence-electron chi connectivity index (χ2n) is 9.18. The van der Waals surface area contributed by atoms with Crippen molar-refractivity contribution in [3.63, 3.8) is 0 Å². The monoisotopic (exact) mass is 461 g/mol. The summed E-state index contributed by atoms with van der Waals surface area (Å²) >= 11 is 0. The minimum atomic E-state index is -1.49. The summed E-state index contributed by atoms with van der Waals surface area (Å²) in [5.74, 6) is 1.47. The van der Waals surface area contributed by atoms with Crippen LogP contribution in [0.25, 0.3) is 33.8 Å². The Kier molecular flexibility index (Phi) is 4.90. The molecule has 1 aliphatic heterocycles. The fourth-order valence-corrected chi connectivity index (χ4v) is 3.97. The standard InChI is InChI=1S/C23H24FN9O/c1-12-25-8-14(9-26-12)19-31-17-16(28-11-29-20(17)33(19)5)13-6-15-18(27-7-13)32-21(34)23(15,4)30-10-22(2,3)24/h6-9,11,30H,10H2,1-5H3,(H,27,32,34). The van der Waals surface area contributed by atoms with Gasteiger partial charge in [-0.2, -0.15) is 0 Å². The van der Waals surface area contributed by atoms with Crippen molar-refractivity contribution < 1.29 is 9.18 Å². The first-order valence-corrected chi connectivity index (χ1v) is 10.8. The van der Waals surface area contributed by atoms with Gasteiger partial charge < -0.3 is 9.88 Å². The molecule has 1 aliphatic rings. The van der Waals surface area contributed by atoms with E-state index in [1.165, 1.54) is 20.2 Å². The van der Waals surface area contributed by atoms with E-state index in [1.807, 2.05) is 24.6 Å². The van der Waals surface area contributed by atoms with Crippen LogP contribution in [-0.2, 0) is 17.4 Å². The van der Waals surface area contributed by atoms with Crippen molar-refractivity contribution in [3.05, 3.63) is 42.4 Å². The number of imidazole rings is 1. The van der Waals surface area contributed by atoms with E-state index < -0.39 is 11.2 Å². The smallest absolute Gasteiger partial charge is 0.250 e. The number of halogens is 1. The van der Waals surface area contributed by atoms with Crippen molar-refractivity contribution >= 4 is 22.9 Å². The zero-order valence-electron chi connectivity index (χ0n) is 19.5. The van der Waals surface area contributed by atoms with Gasteiger partial charge in [-0.05, 0) is 33.8 Å². The van der Waals surface area contributed by atoms with Crippen LogP contribution in [0.1, 0.15) is 32.2 Å². The first-order chi connectivity index (χ1) is 16.1. The Morgan fingerprint density at radius 2 is 1.82 bits per heavy atom. The number of nitrogens with zero attached hydrogens (tertiary/aromatic N) is 7. The lowest BCUT2D eigenvalue weighted by Gasteiger charge is -2.27. The third-order valence-corrected chi connectivity index (χ3v) is 5.94. The highest BCUT2D eigenvalue weighted by Crippen LogP contribution is 2.38. The SMILES string of the molecule is Cc1ncc(-c2nc3c(-c4cnc5c(c4)C(C)(NCC(C)(C)F)C(=O)N5)ncnc3n2C)cn1. The molecular weight excluding hydrogens is 437 g/mol. The summed E-state index contributed by atoms with van der Waals surface area (Å²) in [4.78, 5) is 39.4. The molecule has 11 heteroatoms. The molecule has 1 atom stereocenters. The summed E-state index contributed by atoms with van der Waals surface area (Å²) < 4.78 is 16.0. The number of aromatic nitrogens is 7. The quantitative estimate of drug-likeness (QED) is 0.465. The molecule has 0 aliphatic carbocycles. The number of anilines is 1. The predicted molar refractivity (Wildman–Crippen MR) is 124 cm³/mol. The van der Waals surface area contributed by atoms with Crippen molar-refractivity contribution in [2.75, 3.05) is 11.9 Å². The topological polar surface area (TPSA) is 123 Å². The Labute approximate surface area is 195 Å². The Bertz CT molecular complexity index is 1430. The van der Waals surface area contributed by atoms with Crippen LogP contribution in [0.4, 0.5) is 10.2 Å². The van der Waals surface area contributed by atoms with Gasteiger partial charge in [0.15, 0.2) is 5.65 Å². The number of aryl methyl sites for hydroxylation is 2. The van der Waals surface area contributed by atoms with Crippen LogP contribution in [0.5, 0.6) is 0 Å². The molecule has 0 saturated carbocycles. The van der Waals surface area contributed by atoms with Gasteiger partial charge in [0.1, 0.15) is 46.2 Å². The lowest BCUT2D eigenvalue weighted by atomic mass is 9.92. The average molecular weight is 462 g/mol. The lowest BCUT2D eigenvalue weighted by Crippen LogP contribution is -2.49. The first-order valence-electron chi connectivity index (χ1n) is 10.8. The molecule has 4 aromatic heterocycles. The van der Waals surface area contributed by atoms with E-state index in [2.05, 4.69) is 35.6 Å². The first kappa shape index (κ1) is 22.0.